The monoisotopic (exact) mass is 435 g/mol. The SMILES string of the molecule is COc1ccc(F)cc1C(O)=C1C(=O)C(=O)N(CCCn2ccnc2)C1c1ccccc1. The van der Waals surface area contributed by atoms with Gasteiger partial charge in [0, 0.05) is 25.5 Å². The van der Waals surface area contributed by atoms with E-state index in [1.807, 2.05) is 16.8 Å². The van der Waals surface area contributed by atoms with Crippen molar-refractivity contribution in [3.05, 3.63) is 89.8 Å². The third-order valence-corrected chi connectivity index (χ3v) is 5.45. The molecule has 8 heteroatoms. The van der Waals surface area contributed by atoms with Crippen molar-refractivity contribution in [3.8, 4) is 5.75 Å². The predicted octanol–water partition coefficient (Wildman–Crippen LogP) is 3.54. The first-order valence-electron chi connectivity index (χ1n) is 10.1. The molecule has 32 heavy (non-hydrogen) atoms. The molecule has 0 radical (unpaired) electrons. The molecule has 0 saturated carbocycles. The van der Waals surface area contributed by atoms with E-state index in [4.69, 9.17) is 4.74 Å². The maximum Gasteiger partial charge on any atom is 0.295 e. The number of ketones is 1. The first-order chi connectivity index (χ1) is 15.5. The lowest BCUT2D eigenvalue weighted by atomic mass is 9.95. The zero-order chi connectivity index (χ0) is 22.7. The Hall–Kier alpha value is -3.94. The largest absolute Gasteiger partial charge is 0.507 e. The van der Waals surface area contributed by atoms with Crippen LogP contribution in [0.1, 0.15) is 23.6 Å². The lowest BCUT2D eigenvalue weighted by molar-refractivity contribution is -0.139. The van der Waals surface area contributed by atoms with Crippen LogP contribution in [0.4, 0.5) is 4.39 Å². The Morgan fingerprint density at radius 2 is 1.94 bits per heavy atom. The Morgan fingerprint density at radius 3 is 2.62 bits per heavy atom. The van der Waals surface area contributed by atoms with Crippen LogP contribution in [-0.4, -0.2) is 44.9 Å². The number of ether oxygens (including phenoxy) is 1. The van der Waals surface area contributed by atoms with Crippen LogP contribution >= 0.6 is 0 Å². The van der Waals surface area contributed by atoms with Crippen molar-refractivity contribution in [3.63, 3.8) is 0 Å². The molecule has 1 amide bonds. The Morgan fingerprint density at radius 1 is 1.16 bits per heavy atom. The molecule has 2 heterocycles. The predicted molar refractivity (Wildman–Crippen MR) is 115 cm³/mol. The third-order valence-electron chi connectivity index (χ3n) is 5.45. The number of aryl methyl sites for hydroxylation is 1. The van der Waals surface area contributed by atoms with E-state index in [1.165, 1.54) is 24.1 Å². The lowest BCUT2D eigenvalue weighted by Gasteiger charge is -2.25. The molecule has 1 aliphatic rings. The maximum absolute atomic E-state index is 13.9. The molecule has 1 unspecified atom stereocenters. The number of rotatable bonds is 7. The quantitative estimate of drug-likeness (QED) is 0.349. The number of hydrogen-bond donors (Lipinski definition) is 1. The number of Topliss-reactive ketones (excluding diaryl/α,β-unsaturated/α-hetero) is 1. The van der Waals surface area contributed by atoms with E-state index < -0.39 is 29.3 Å². The standard InChI is InChI=1S/C24H22FN3O4/c1-32-19-9-8-17(25)14-18(19)22(29)20-21(16-6-3-2-4-7-16)28(24(31)23(20)30)12-5-11-27-13-10-26-15-27/h2-4,6-10,13-15,21,29H,5,11-12H2,1H3. The van der Waals surface area contributed by atoms with E-state index in [-0.39, 0.29) is 16.9 Å². The van der Waals surface area contributed by atoms with Crippen molar-refractivity contribution < 1.29 is 23.8 Å². The molecule has 2 aromatic carbocycles. The van der Waals surface area contributed by atoms with Crippen molar-refractivity contribution in [2.24, 2.45) is 0 Å². The van der Waals surface area contributed by atoms with E-state index in [1.54, 1.807) is 36.8 Å². The Bertz CT molecular complexity index is 1160. The van der Waals surface area contributed by atoms with Crippen LogP contribution in [0.2, 0.25) is 0 Å². The fourth-order valence-electron chi connectivity index (χ4n) is 3.95. The number of aliphatic hydroxyl groups is 1. The fraction of sp³-hybridized carbons (Fsp3) is 0.208. The molecule has 0 bridgehead atoms. The van der Waals surface area contributed by atoms with Crippen molar-refractivity contribution in [2.45, 2.75) is 19.0 Å². The minimum absolute atomic E-state index is 0.0184. The number of benzene rings is 2. The number of methoxy groups -OCH3 is 1. The zero-order valence-electron chi connectivity index (χ0n) is 17.4. The van der Waals surface area contributed by atoms with Crippen LogP contribution in [0.25, 0.3) is 5.76 Å². The molecule has 7 nitrogen and oxygen atoms in total. The van der Waals surface area contributed by atoms with Crippen LogP contribution < -0.4 is 4.74 Å². The molecule has 1 aliphatic heterocycles. The molecule has 1 aromatic heterocycles. The number of carbonyl (C=O) groups is 2. The number of amides is 1. The van der Waals surface area contributed by atoms with E-state index in [0.717, 1.165) is 6.07 Å². The molecule has 4 rings (SSSR count). The van der Waals surface area contributed by atoms with Crippen LogP contribution in [-0.2, 0) is 16.1 Å². The topological polar surface area (TPSA) is 84.7 Å². The number of aliphatic hydroxyl groups excluding tert-OH is 1. The molecule has 3 aromatic rings. The smallest absolute Gasteiger partial charge is 0.295 e. The molecule has 1 saturated heterocycles. The van der Waals surface area contributed by atoms with Gasteiger partial charge in [-0.15, -0.1) is 0 Å². The molecule has 0 aliphatic carbocycles. The second kappa shape index (κ2) is 9.05. The van der Waals surface area contributed by atoms with E-state index in [9.17, 15) is 19.1 Å². The third kappa shape index (κ3) is 3.99. The normalized spacial score (nSPS) is 17.7. The number of nitrogens with zero attached hydrogens (tertiary/aromatic N) is 3. The summed E-state index contributed by atoms with van der Waals surface area (Å²) in [5.74, 6) is -2.39. The number of imidazole rings is 1. The highest BCUT2D eigenvalue weighted by atomic mass is 19.1. The molecular formula is C24H22FN3O4. The van der Waals surface area contributed by atoms with Gasteiger partial charge in [0.25, 0.3) is 11.7 Å². The van der Waals surface area contributed by atoms with Crippen molar-refractivity contribution in [1.82, 2.24) is 14.5 Å². The minimum atomic E-state index is -0.815. The number of likely N-dealkylation sites (tertiary alicyclic amines) is 1. The first-order valence-corrected chi connectivity index (χ1v) is 10.1. The molecule has 1 N–H and O–H groups in total. The van der Waals surface area contributed by atoms with E-state index in [0.29, 0.717) is 25.1 Å². The van der Waals surface area contributed by atoms with Gasteiger partial charge in [-0.05, 0) is 30.2 Å². The van der Waals surface area contributed by atoms with Crippen LogP contribution in [0.3, 0.4) is 0 Å². The maximum atomic E-state index is 13.9. The number of hydrogen-bond acceptors (Lipinski definition) is 5. The lowest BCUT2D eigenvalue weighted by Crippen LogP contribution is -2.31. The van der Waals surface area contributed by atoms with Crippen LogP contribution in [0, 0.1) is 5.82 Å². The van der Waals surface area contributed by atoms with Gasteiger partial charge in [0.1, 0.15) is 17.3 Å². The van der Waals surface area contributed by atoms with Gasteiger partial charge in [-0.2, -0.15) is 0 Å². The molecular weight excluding hydrogens is 413 g/mol. The minimum Gasteiger partial charge on any atom is -0.507 e. The summed E-state index contributed by atoms with van der Waals surface area (Å²) in [6.45, 7) is 0.904. The zero-order valence-corrected chi connectivity index (χ0v) is 17.4. The van der Waals surface area contributed by atoms with Gasteiger partial charge in [-0.3, -0.25) is 9.59 Å². The number of aromatic nitrogens is 2. The summed E-state index contributed by atoms with van der Waals surface area (Å²) in [7, 11) is 1.38. The van der Waals surface area contributed by atoms with Crippen molar-refractivity contribution >= 4 is 17.4 Å². The Labute approximate surface area is 184 Å². The summed E-state index contributed by atoms with van der Waals surface area (Å²) >= 11 is 0. The van der Waals surface area contributed by atoms with E-state index >= 15 is 0 Å². The summed E-state index contributed by atoms with van der Waals surface area (Å²) in [4.78, 5) is 31.4. The summed E-state index contributed by atoms with van der Waals surface area (Å²) in [5.41, 5.74) is 0.601. The van der Waals surface area contributed by atoms with Gasteiger partial charge in [-0.25, -0.2) is 9.37 Å². The highest BCUT2D eigenvalue weighted by molar-refractivity contribution is 6.46. The average molecular weight is 435 g/mol. The molecule has 1 atom stereocenters. The second-order valence-corrected chi connectivity index (χ2v) is 7.40. The van der Waals surface area contributed by atoms with Crippen LogP contribution in [0.15, 0.2) is 72.8 Å². The second-order valence-electron chi connectivity index (χ2n) is 7.40. The summed E-state index contributed by atoms with van der Waals surface area (Å²) in [6, 6.07) is 11.8. The average Bonchev–Trinajstić information content (AvgIpc) is 3.41. The highest BCUT2D eigenvalue weighted by Crippen LogP contribution is 2.41. The summed E-state index contributed by atoms with van der Waals surface area (Å²) < 4.78 is 21.1. The summed E-state index contributed by atoms with van der Waals surface area (Å²) in [6.07, 6.45) is 5.75. The Kier molecular flexibility index (Phi) is 6.02. The number of carbonyl (C=O) groups excluding carboxylic acids is 2. The number of halogens is 1. The van der Waals surface area contributed by atoms with E-state index in [2.05, 4.69) is 4.98 Å². The Balaban J connectivity index is 1.76. The van der Waals surface area contributed by atoms with Crippen LogP contribution in [0.5, 0.6) is 5.75 Å². The molecule has 1 fully saturated rings. The first kappa shape index (κ1) is 21.3. The fourth-order valence-corrected chi connectivity index (χ4v) is 3.95. The van der Waals surface area contributed by atoms with Gasteiger partial charge in [0.2, 0.25) is 0 Å². The highest BCUT2D eigenvalue weighted by Gasteiger charge is 2.46. The van der Waals surface area contributed by atoms with Gasteiger partial charge >= 0.3 is 0 Å². The molecule has 164 valence electrons. The van der Waals surface area contributed by atoms with Gasteiger partial charge in [-0.1, -0.05) is 30.3 Å². The van der Waals surface area contributed by atoms with Crippen molar-refractivity contribution in [1.29, 1.82) is 0 Å². The summed E-state index contributed by atoms with van der Waals surface area (Å²) in [5, 5.41) is 11.1. The van der Waals surface area contributed by atoms with Gasteiger partial charge in [0.15, 0.2) is 0 Å². The van der Waals surface area contributed by atoms with Gasteiger partial charge < -0.3 is 19.3 Å². The van der Waals surface area contributed by atoms with Crippen molar-refractivity contribution in [2.75, 3.05) is 13.7 Å². The van der Waals surface area contributed by atoms with Gasteiger partial charge in [0.05, 0.1) is 30.6 Å². The molecule has 0 spiro atoms.